The van der Waals surface area contributed by atoms with E-state index >= 15 is 0 Å². The number of amides is 1. The number of carbonyl (C=O) groups excluding carboxylic acids is 2. The normalized spacial score (nSPS) is 32.9. The van der Waals surface area contributed by atoms with Gasteiger partial charge < -0.3 is 15.0 Å². The number of fused-ring (bicyclic) bond motifs is 3. The number of hydrogen-bond acceptors (Lipinski definition) is 4. The van der Waals surface area contributed by atoms with Gasteiger partial charge in [0.2, 0.25) is 5.91 Å². The van der Waals surface area contributed by atoms with Crippen LogP contribution in [0.25, 0.3) is 0 Å². The Morgan fingerprint density at radius 3 is 2.41 bits per heavy atom. The van der Waals surface area contributed by atoms with E-state index in [0.717, 1.165) is 32.5 Å². The molecule has 3 aliphatic rings. The van der Waals surface area contributed by atoms with E-state index in [1.54, 1.807) is 0 Å². The van der Waals surface area contributed by atoms with Crippen LogP contribution in [-0.2, 0) is 14.3 Å². The van der Waals surface area contributed by atoms with Crippen LogP contribution in [0.2, 0.25) is 0 Å². The van der Waals surface area contributed by atoms with Crippen LogP contribution < -0.4 is 5.32 Å². The second-order valence-corrected chi connectivity index (χ2v) is 5.00. The van der Waals surface area contributed by atoms with Crippen LogP contribution in [0.3, 0.4) is 0 Å². The average molecular weight is 240 g/mol. The number of carbonyl (C=O) groups is 2. The van der Waals surface area contributed by atoms with Gasteiger partial charge in [-0.25, -0.2) is 4.79 Å². The minimum absolute atomic E-state index is 0.170. The molecule has 2 unspecified atom stereocenters. The average Bonchev–Trinajstić information content (AvgIpc) is 2.36. The third kappa shape index (κ3) is 2.60. The summed E-state index contributed by atoms with van der Waals surface area (Å²) in [7, 11) is 1.37. The SMILES string of the molecule is COC(=O)C(NC(C)=O)C1CN2CCC1CC2. The largest absolute Gasteiger partial charge is 0.467 e. The maximum atomic E-state index is 11.8. The van der Waals surface area contributed by atoms with Crippen LogP contribution in [0.5, 0.6) is 0 Å². The first-order valence-electron chi connectivity index (χ1n) is 6.19. The number of methoxy groups -OCH3 is 1. The molecule has 1 amide bonds. The fourth-order valence-electron chi connectivity index (χ4n) is 3.08. The standard InChI is InChI=1S/C12H20N2O3/c1-8(15)13-11(12(16)17-2)10-7-14-5-3-9(10)4-6-14/h9-11H,3-7H2,1-2H3,(H,13,15). The van der Waals surface area contributed by atoms with E-state index in [1.165, 1.54) is 14.0 Å². The number of ether oxygens (including phenoxy) is 1. The molecule has 5 heteroatoms. The quantitative estimate of drug-likeness (QED) is 0.706. The minimum Gasteiger partial charge on any atom is -0.467 e. The van der Waals surface area contributed by atoms with E-state index in [2.05, 4.69) is 10.2 Å². The van der Waals surface area contributed by atoms with E-state index in [4.69, 9.17) is 4.74 Å². The molecule has 0 radical (unpaired) electrons. The molecule has 3 fully saturated rings. The van der Waals surface area contributed by atoms with Crippen molar-refractivity contribution in [3.63, 3.8) is 0 Å². The molecule has 3 saturated heterocycles. The molecule has 0 spiro atoms. The van der Waals surface area contributed by atoms with Crippen LogP contribution in [-0.4, -0.2) is 49.6 Å². The lowest BCUT2D eigenvalue weighted by molar-refractivity contribution is -0.149. The Balaban J connectivity index is 2.09. The molecule has 2 bridgehead atoms. The molecule has 3 rings (SSSR count). The highest BCUT2D eigenvalue weighted by Gasteiger charge is 2.42. The van der Waals surface area contributed by atoms with E-state index in [1.807, 2.05) is 0 Å². The summed E-state index contributed by atoms with van der Waals surface area (Å²) in [5.41, 5.74) is 0. The van der Waals surface area contributed by atoms with Gasteiger partial charge in [0.1, 0.15) is 6.04 Å². The number of hydrogen-bond donors (Lipinski definition) is 1. The maximum absolute atomic E-state index is 11.8. The lowest BCUT2D eigenvalue weighted by atomic mass is 9.75. The van der Waals surface area contributed by atoms with Crippen molar-refractivity contribution in [2.75, 3.05) is 26.7 Å². The van der Waals surface area contributed by atoms with Crippen molar-refractivity contribution in [3.05, 3.63) is 0 Å². The van der Waals surface area contributed by atoms with E-state index in [9.17, 15) is 9.59 Å². The smallest absolute Gasteiger partial charge is 0.328 e. The van der Waals surface area contributed by atoms with E-state index in [0.29, 0.717) is 5.92 Å². The first kappa shape index (κ1) is 12.4. The monoisotopic (exact) mass is 240 g/mol. The molecule has 0 aromatic carbocycles. The number of piperidine rings is 3. The number of rotatable bonds is 3. The van der Waals surface area contributed by atoms with Crippen molar-refractivity contribution in [2.45, 2.75) is 25.8 Å². The van der Waals surface area contributed by atoms with Gasteiger partial charge in [-0.3, -0.25) is 4.79 Å². The number of nitrogens with one attached hydrogen (secondary N) is 1. The number of esters is 1. The first-order valence-corrected chi connectivity index (χ1v) is 6.19. The van der Waals surface area contributed by atoms with E-state index in [-0.39, 0.29) is 17.8 Å². The summed E-state index contributed by atoms with van der Waals surface area (Å²) in [5, 5.41) is 2.74. The Labute approximate surface area is 101 Å². The second-order valence-electron chi connectivity index (χ2n) is 5.00. The molecule has 5 nitrogen and oxygen atoms in total. The zero-order chi connectivity index (χ0) is 12.4. The molecule has 3 heterocycles. The van der Waals surface area contributed by atoms with E-state index < -0.39 is 6.04 Å². The fraction of sp³-hybridized carbons (Fsp3) is 0.833. The predicted octanol–water partition coefficient (Wildman–Crippen LogP) is 0.00590. The lowest BCUT2D eigenvalue weighted by Gasteiger charge is -2.46. The summed E-state index contributed by atoms with van der Waals surface area (Å²) in [5.74, 6) is 0.251. The molecule has 0 aromatic heterocycles. The van der Waals surface area contributed by atoms with Crippen molar-refractivity contribution in [1.82, 2.24) is 10.2 Å². The Morgan fingerprint density at radius 1 is 1.35 bits per heavy atom. The summed E-state index contributed by atoms with van der Waals surface area (Å²) in [6.45, 7) is 4.58. The maximum Gasteiger partial charge on any atom is 0.328 e. The fourth-order valence-corrected chi connectivity index (χ4v) is 3.08. The summed E-state index contributed by atoms with van der Waals surface area (Å²) in [6, 6.07) is -0.481. The molecule has 0 saturated carbocycles. The topological polar surface area (TPSA) is 58.6 Å². The van der Waals surface area contributed by atoms with Crippen molar-refractivity contribution in [1.29, 1.82) is 0 Å². The van der Waals surface area contributed by atoms with Crippen molar-refractivity contribution < 1.29 is 14.3 Å². The predicted molar refractivity (Wildman–Crippen MR) is 62.3 cm³/mol. The van der Waals surface area contributed by atoms with Crippen LogP contribution >= 0.6 is 0 Å². The van der Waals surface area contributed by atoms with Crippen LogP contribution in [0, 0.1) is 11.8 Å². The van der Waals surface area contributed by atoms with Crippen LogP contribution in [0.15, 0.2) is 0 Å². The van der Waals surface area contributed by atoms with Crippen molar-refractivity contribution in [3.8, 4) is 0 Å². The third-order valence-electron chi connectivity index (χ3n) is 3.95. The molecule has 0 aromatic rings. The Kier molecular flexibility index (Phi) is 3.66. The summed E-state index contributed by atoms with van der Waals surface area (Å²) in [6.07, 6.45) is 2.25. The van der Waals surface area contributed by atoms with Crippen molar-refractivity contribution in [2.24, 2.45) is 11.8 Å². The third-order valence-corrected chi connectivity index (χ3v) is 3.95. The van der Waals surface area contributed by atoms with Gasteiger partial charge in [0.15, 0.2) is 0 Å². The highest BCUT2D eigenvalue weighted by Crippen LogP contribution is 2.34. The molecule has 96 valence electrons. The summed E-state index contributed by atoms with van der Waals surface area (Å²) < 4.78 is 4.80. The van der Waals surface area contributed by atoms with Gasteiger partial charge in [0, 0.05) is 19.4 Å². The molecular weight excluding hydrogens is 220 g/mol. The molecular formula is C12H20N2O3. The van der Waals surface area contributed by atoms with Crippen molar-refractivity contribution >= 4 is 11.9 Å². The Bertz CT molecular complexity index is 311. The molecule has 3 aliphatic heterocycles. The lowest BCUT2D eigenvalue weighted by Crippen LogP contribution is -2.57. The molecule has 17 heavy (non-hydrogen) atoms. The first-order chi connectivity index (χ1) is 8.11. The van der Waals surface area contributed by atoms with Gasteiger partial charge in [0.25, 0.3) is 0 Å². The Morgan fingerprint density at radius 2 is 2.00 bits per heavy atom. The highest BCUT2D eigenvalue weighted by atomic mass is 16.5. The number of nitrogens with zero attached hydrogens (tertiary/aromatic N) is 1. The summed E-state index contributed by atoms with van der Waals surface area (Å²) >= 11 is 0. The van der Waals surface area contributed by atoms with Crippen LogP contribution in [0.1, 0.15) is 19.8 Å². The molecule has 1 N–H and O–H groups in total. The minimum atomic E-state index is -0.481. The van der Waals surface area contributed by atoms with Gasteiger partial charge in [0.05, 0.1) is 7.11 Å². The second kappa shape index (κ2) is 5.04. The van der Waals surface area contributed by atoms with Gasteiger partial charge >= 0.3 is 5.97 Å². The molecule has 2 atom stereocenters. The zero-order valence-corrected chi connectivity index (χ0v) is 10.4. The van der Waals surface area contributed by atoms with Gasteiger partial charge in [-0.15, -0.1) is 0 Å². The highest BCUT2D eigenvalue weighted by molar-refractivity contribution is 5.83. The van der Waals surface area contributed by atoms with Gasteiger partial charge in [-0.1, -0.05) is 0 Å². The Hall–Kier alpha value is -1.10. The van der Waals surface area contributed by atoms with Gasteiger partial charge in [-0.2, -0.15) is 0 Å². The zero-order valence-electron chi connectivity index (χ0n) is 10.4. The van der Waals surface area contributed by atoms with Gasteiger partial charge in [-0.05, 0) is 31.8 Å². The molecule has 0 aliphatic carbocycles. The van der Waals surface area contributed by atoms with Crippen LogP contribution in [0.4, 0.5) is 0 Å². The summed E-state index contributed by atoms with van der Waals surface area (Å²) in [4.78, 5) is 25.3.